The summed E-state index contributed by atoms with van der Waals surface area (Å²) in [6, 6.07) is 0. The van der Waals surface area contributed by atoms with Crippen molar-refractivity contribution in [2.24, 2.45) is 5.41 Å². The van der Waals surface area contributed by atoms with E-state index in [0.29, 0.717) is 30.6 Å². The number of Topliss-reactive ketones (excluding diaryl/α,β-unsaturated/α-hetero) is 1. The van der Waals surface area contributed by atoms with Gasteiger partial charge in [-0.2, -0.15) is 0 Å². The van der Waals surface area contributed by atoms with Crippen molar-refractivity contribution >= 4 is 5.78 Å². The molecule has 1 N–H and O–H groups in total. The first-order valence-corrected chi connectivity index (χ1v) is 4.34. The maximum atomic E-state index is 11.2. The fourth-order valence-electron chi connectivity index (χ4n) is 1.43. The minimum Gasteiger partial charge on any atom is -0.512 e. The van der Waals surface area contributed by atoms with E-state index in [4.69, 9.17) is 0 Å². The zero-order chi connectivity index (χ0) is 9.35. The minimum atomic E-state index is 0.0866. The third-order valence-electron chi connectivity index (χ3n) is 1.98. The largest absolute Gasteiger partial charge is 0.512 e. The molecule has 1 aliphatic rings. The van der Waals surface area contributed by atoms with Crippen molar-refractivity contribution < 1.29 is 9.90 Å². The molecule has 0 saturated heterocycles. The van der Waals surface area contributed by atoms with Gasteiger partial charge >= 0.3 is 0 Å². The number of ketones is 1. The summed E-state index contributed by atoms with van der Waals surface area (Å²) in [7, 11) is 0. The van der Waals surface area contributed by atoms with Gasteiger partial charge in [0.1, 0.15) is 0 Å². The molecule has 1 rings (SSSR count). The molecule has 68 valence electrons. The number of hydrogen-bond acceptors (Lipinski definition) is 2. The predicted molar refractivity (Wildman–Crippen MR) is 48.0 cm³/mol. The van der Waals surface area contributed by atoms with E-state index < -0.39 is 0 Å². The smallest absolute Gasteiger partial charge is 0.162 e. The highest BCUT2D eigenvalue weighted by Crippen LogP contribution is 2.31. The lowest BCUT2D eigenvalue weighted by molar-refractivity contribution is -0.115. The summed E-state index contributed by atoms with van der Waals surface area (Å²) in [5, 5.41) is 9.38. The van der Waals surface area contributed by atoms with Crippen molar-refractivity contribution in [2.75, 3.05) is 0 Å². The van der Waals surface area contributed by atoms with Crippen LogP contribution in [0.25, 0.3) is 0 Å². The summed E-state index contributed by atoms with van der Waals surface area (Å²) in [6.45, 7) is 6.20. The van der Waals surface area contributed by atoms with Crippen molar-refractivity contribution in [1.29, 1.82) is 0 Å². The number of carbonyl (C=O) groups is 1. The van der Waals surface area contributed by atoms with Gasteiger partial charge in [0.05, 0.1) is 5.76 Å². The fraction of sp³-hybridized carbons (Fsp3) is 0.700. The van der Waals surface area contributed by atoms with Gasteiger partial charge in [0, 0.05) is 18.4 Å². The maximum Gasteiger partial charge on any atom is 0.162 e. The van der Waals surface area contributed by atoms with E-state index in [0.717, 1.165) is 0 Å². The second kappa shape index (κ2) is 2.92. The Balaban J connectivity index is 2.75. The average Bonchev–Trinajstić information content (AvgIpc) is 2.16. The van der Waals surface area contributed by atoms with Crippen molar-refractivity contribution in [3.63, 3.8) is 0 Å². The number of hydrogen-bond donors (Lipinski definition) is 1. The fourth-order valence-corrected chi connectivity index (χ4v) is 1.43. The highest BCUT2D eigenvalue weighted by Gasteiger charge is 2.26. The Hall–Kier alpha value is -0.790. The van der Waals surface area contributed by atoms with Crippen LogP contribution in [0.3, 0.4) is 0 Å². The van der Waals surface area contributed by atoms with Gasteiger partial charge in [0.15, 0.2) is 5.78 Å². The molecule has 0 fully saturated rings. The van der Waals surface area contributed by atoms with E-state index in [1.54, 1.807) is 0 Å². The van der Waals surface area contributed by atoms with E-state index in [-0.39, 0.29) is 11.2 Å². The van der Waals surface area contributed by atoms with E-state index in [1.165, 1.54) is 0 Å². The maximum absolute atomic E-state index is 11.2. The van der Waals surface area contributed by atoms with E-state index >= 15 is 0 Å². The van der Waals surface area contributed by atoms with Gasteiger partial charge in [0.2, 0.25) is 0 Å². The van der Waals surface area contributed by atoms with E-state index in [2.05, 4.69) is 20.8 Å². The van der Waals surface area contributed by atoms with Crippen LogP contribution in [0.1, 0.15) is 40.0 Å². The highest BCUT2D eigenvalue weighted by atomic mass is 16.3. The van der Waals surface area contributed by atoms with Gasteiger partial charge in [-0.1, -0.05) is 20.8 Å². The van der Waals surface area contributed by atoms with E-state index in [9.17, 15) is 9.90 Å². The summed E-state index contributed by atoms with van der Waals surface area (Å²) in [5.74, 6) is 0.442. The molecule has 1 aliphatic carbocycles. The van der Waals surface area contributed by atoms with Gasteiger partial charge < -0.3 is 5.11 Å². The summed E-state index contributed by atoms with van der Waals surface area (Å²) < 4.78 is 0. The third-order valence-corrected chi connectivity index (χ3v) is 1.98. The number of carbonyl (C=O) groups excluding carboxylic acids is 1. The molecular weight excluding hydrogens is 152 g/mol. The predicted octanol–water partition coefficient (Wildman–Crippen LogP) is 2.60. The number of aliphatic hydroxyl groups excluding tert-OH is 1. The SMILES string of the molecule is CC(C)(C)CC1=C(O)CCC1=O. The monoisotopic (exact) mass is 168 g/mol. The lowest BCUT2D eigenvalue weighted by atomic mass is 9.87. The molecule has 12 heavy (non-hydrogen) atoms. The van der Waals surface area contributed by atoms with Gasteiger partial charge in [-0.15, -0.1) is 0 Å². The van der Waals surface area contributed by atoms with Crippen molar-refractivity contribution in [1.82, 2.24) is 0 Å². The quantitative estimate of drug-likeness (QED) is 0.653. The van der Waals surface area contributed by atoms with Gasteiger partial charge in [-0.25, -0.2) is 0 Å². The van der Waals surface area contributed by atoms with Crippen LogP contribution in [-0.4, -0.2) is 10.9 Å². The average molecular weight is 168 g/mol. The summed E-state index contributed by atoms with van der Waals surface area (Å²) in [4.78, 5) is 11.2. The molecule has 0 aromatic rings. The van der Waals surface area contributed by atoms with Crippen LogP contribution in [0.5, 0.6) is 0 Å². The second-order valence-corrected chi connectivity index (χ2v) is 4.59. The Kier molecular flexibility index (Phi) is 2.27. The molecule has 0 heterocycles. The molecule has 0 atom stereocenters. The Labute approximate surface area is 73.3 Å². The Bertz CT molecular complexity index is 231. The zero-order valence-electron chi connectivity index (χ0n) is 7.98. The first kappa shape index (κ1) is 9.30. The molecule has 0 spiro atoms. The van der Waals surface area contributed by atoms with Gasteiger partial charge in [-0.3, -0.25) is 4.79 Å². The Morgan fingerprint density at radius 3 is 2.25 bits per heavy atom. The standard InChI is InChI=1S/C10H16O2/c1-10(2,3)6-7-8(11)4-5-9(7)12/h11H,4-6H2,1-3H3. The summed E-state index contributed by atoms with van der Waals surface area (Å²) in [5.41, 5.74) is 0.742. The molecule has 0 bridgehead atoms. The lowest BCUT2D eigenvalue weighted by Gasteiger charge is -2.18. The van der Waals surface area contributed by atoms with Crippen molar-refractivity contribution in [2.45, 2.75) is 40.0 Å². The molecule has 0 radical (unpaired) electrons. The van der Waals surface area contributed by atoms with Crippen LogP contribution in [0.2, 0.25) is 0 Å². The molecule has 2 heteroatoms. The van der Waals surface area contributed by atoms with Gasteiger partial charge in [0.25, 0.3) is 0 Å². The number of rotatable bonds is 1. The summed E-state index contributed by atoms with van der Waals surface area (Å²) >= 11 is 0. The number of allylic oxidation sites excluding steroid dienone is 2. The Morgan fingerprint density at radius 2 is 1.92 bits per heavy atom. The van der Waals surface area contributed by atoms with Gasteiger partial charge in [-0.05, 0) is 11.8 Å². The Morgan fingerprint density at radius 1 is 1.33 bits per heavy atom. The normalized spacial score (nSPS) is 19.1. The first-order valence-electron chi connectivity index (χ1n) is 4.34. The topological polar surface area (TPSA) is 37.3 Å². The first-order chi connectivity index (χ1) is 5.40. The molecule has 0 saturated carbocycles. The van der Waals surface area contributed by atoms with Crippen LogP contribution < -0.4 is 0 Å². The minimum absolute atomic E-state index is 0.0866. The van der Waals surface area contributed by atoms with E-state index in [1.807, 2.05) is 0 Å². The van der Waals surface area contributed by atoms with Crippen LogP contribution in [0.15, 0.2) is 11.3 Å². The number of aliphatic hydroxyl groups is 1. The van der Waals surface area contributed by atoms with Crippen molar-refractivity contribution in [3.05, 3.63) is 11.3 Å². The van der Waals surface area contributed by atoms with Crippen LogP contribution in [0.4, 0.5) is 0 Å². The third kappa shape index (κ3) is 2.10. The molecule has 0 aromatic carbocycles. The lowest BCUT2D eigenvalue weighted by Crippen LogP contribution is -2.10. The van der Waals surface area contributed by atoms with Crippen molar-refractivity contribution in [3.8, 4) is 0 Å². The van der Waals surface area contributed by atoms with Crippen LogP contribution >= 0.6 is 0 Å². The molecule has 0 amide bonds. The molecular formula is C10H16O2. The molecule has 0 aliphatic heterocycles. The van der Waals surface area contributed by atoms with Crippen LogP contribution in [0, 0.1) is 5.41 Å². The zero-order valence-corrected chi connectivity index (χ0v) is 7.98. The summed E-state index contributed by atoms with van der Waals surface area (Å²) in [6.07, 6.45) is 1.74. The molecule has 0 unspecified atom stereocenters. The highest BCUT2D eigenvalue weighted by molar-refractivity contribution is 5.98. The molecule has 0 aromatic heterocycles. The van der Waals surface area contributed by atoms with Crippen LogP contribution in [-0.2, 0) is 4.79 Å². The second-order valence-electron chi connectivity index (χ2n) is 4.59. The molecule has 2 nitrogen and oxygen atoms in total.